The van der Waals surface area contributed by atoms with Crippen molar-refractivity contribution in [1.82, 2.24) is 0 Å². The Morgan fingerprint density at radius 3 is 0.955 bits per heavy atom. The van der Waals surface area contributed by atoms with Gasteiger partial charge in [0.25, 0.3) is 0 Å². The van der Waals surface area contributed by atoms with Crippen LogP contribution >= 0.6 is 0 Å². The Hall–Kier alpha value is -4.31. The highest BCUT2D eigenvalue weighted by molar-refractivity contribution is 5.70. The van der Waals surface area contributed by atoms with Crippen molar-refractivity contribution in [2.75, 3.05) is 47.5 Å². The molecule has 0 aliphatic carbocycles. The minimum absolute atomic E-state index is 0.142. The summed E-state index contributed by atoms with van der Waals surface area (Å²) in [7, 11) is 5.93. The molecule has 2 atom stereocenters. The van der Waals surface area contributed by atoms with E-state index in [1.807, 2.05) is 21.1 Å². The van der Waals surface area contributed by atoms with E-state index in [-0.39, 0.29) is 38.6 Å². The Bertz CT molecular complexity index is 1880. The van der Waals surface area contributed by atoms with E-state index in [9.17, 15) is 19.5 Å². The van der Waals surface area contributed by atoms with Gasteiger partial charge in [-0.05, 0) is 109 Å². The fourth-order valence-electron chi connectivity index (χ4n) is 10.1. The number of carboxylic acid groups (broad SMARTS) is 1. The van der Waals surface area contributed by atoms with Gasteiger partial charge < -0.3 is 33.3 Å². The van der Waals surface area contributed by atoms with Gasteiger partial charge in [0.2, 0.25) is 0 Å². The van der Waals surface area contributed by atoms with E-state index in [4.69, 9.17) is 18.9 Å². The standard InChI is InChI=1S/C80H137NO8/c1-6-8-10-12-14-16-18-20-22-24-26-28-30-32-34-36-38-39-41-42-44-46-48-50-52-54-56-58-60-62-64-66-68-70-77(82)87-74-76(75-88-80(79(84)85)86-73-72-81(3,4)5)89-78(83)71-69-67-65-63-61-59-57-55-53-51-49-47-45-43-40-37-35-33-31-29-27-25-23-21-19-17-15-13-11-9-7-2/h9,11,15,17-18,20-21,23-24,26-27,29-30,32-33,35,40,43,47,49,76,80H,6-8,10,12-14,16,19,22,25,28,31,34,36-39,41-42,44-46,48,50-75H2,1-5H3/b11-9-,17-15-,20-18-,23-21-,26-24-,29-27-,32-30-,35-33-,43-40-,49-47-. The first-order valence-corrected chi connectivity index (χ1v) is 36.7. The number of ether oxygens (including phenoxy) is 4. The van der Waals surface area contributed by atoms with Gasteiger partial charge in [-0.2, -0.15) is 0 Å². The number of nitrogens with zero attached hydrogens (tertiary/aromatic N) is 1. The summed E-state index contributed by atoms with van der Waals surface area (Å²) in [6.07, 6.45) is 95.7. The van der Waals surface area contributed by atoms with E-state index < -0.39 is 24.3 Å². The lowest BCUT2D eigenvalue weighted by molar-refractivity contribution is -0.870. The lowest BCUT2D eigenvalue weighted by atomic mass is 10.0. The maximum atomic E-state index is 12.9. The summed E-state index contributed by atoms with van der Waals surface area (Å²) in [5, 5.41) is 11.8. The van der Waals surface area contributed by atoms with Crippen LogP contribution in [0.3, 0.4) is 0 Å². The maximum absolute atomic E-state index is 12.9. The molecule has 0 aliphatic rings. The molecule has 0 fully saturated rings. The van der Waals surface area contributed by atoms with E-state index in [1.165, 1.54) is 173 Å². The third kappa shape index (κ3) is 71.0. The van der Waals surface area contributed by atoms with Crippen LogP contribution in [0.5, 0.6) is 0 Å². The fourth-order valence-corrected chi connectivity index (χ4v) is 10.1. The summed E-state index contributed by atoms with van der Waals surface area (Å²) in [5.74, 6) is -2.29. The van der Waals surface area contributed by atoms with Crippen molar-refractivity contribution in [2.24, 2.45) is 0 Å². The van der Waals surface area contributed by atoms with Gasteiger partial charge in [-0.3, -0.25) is 9.59 Å². The minimum Gasteiger partial charge on any atom is -0.545 e. The molecule has 0 heterocycles. The highest BCUT2D eigenvalue weighted by Gasteiger charge is 2.22. The number of carboxylic acids is 1. The molecule has 2 unspecified atom stereocenters. The molecule has 0 rings (SSSR count). The van der Waals surface area contributed by atoms with Gasteiger partial charge in [0.1, 0.15) is 13.2 Å². The zero-order valence-corrected chi connectivity index (χ0v) is 58.3. The number of allylic oxidation sites excluding steroid dienone is 20. The first kappa shape index (κ1) is 84.7. The van der Waals surface area contributed by atoms with Gasteiger partial charge in [0.05, 0.1) is 40.3 Å². The van der Waals surface area contributed by atoms with E-state index in [2.05, 4.69) is 135 Å². The van der Waals surface area contributed by atoms with Crippen molar-refractivity contribution >= 4 is 17.9 Å². The number of hydrogen-bond acceptors (Lipinski definition) is 8. The Balaban J connectivity index is 4.12. The molecule has 9 nitrogen and oxygen atoms in total. The van der Waals surface area contributed by atoms with Crippen LogP contribution < -0.4 is 5.11 Å². The Kier molecular flexibility index (Phi) is 66.2. The summed E-state index contributed by atoms with van der Waals surface area (Å²) in [6, 6.07) is 0. The number of unbranched alkanes of at least 4 members (excludes halogenated alkanes) is 32. The van der Waals surface area contributed by atoms with Crippen LogP contribution in [0.15, 0.2) is 122 Å². The van der Waals surface area contributed by atoms with Gasteiger partial charge >= 0.3 is 11.9 Å². The average molecular weight is 1240 g/mol. The predicted octanol–water partition coefficient (Wildman–Crippen LogP) is 21.8. The molecule has 0 amide bonds. The average Bonchev–Trinajstić information content (AvgIpc) is 3.64. The number of carbonyl (C=O) groups is 3. The van der Waals surface area contributed by atoms with Gasteiger partial charge in [-0.15, -0.1) is 0 Å². The van der Waals surface area contributed by atoms with E-state index in [1.54, 1.807) is 0 Å². The number of rotatable bonds is 67. The normalized spacial score (nSPS) is 13.4. The number of quaternary nitrogens is 1. The zero-order valence-electron chi connectivity index (χ0n) is 58.3. The first-order valence-electron chi connectivity index (χ1n) is 36.7. The molecular formula is C80H137NO8. The van der Waals surface area contributed by atoms with Crippen molar-refractivity contribution in [3.63, 3.8) is 0 Å². The van der Waals surface area contributed by atoms with Crippen LogP contribution in [0.2, 0.25) is 0 Å². The molecule has 0 aromatic rings. The third-order valence-electron chi connectivity index (χ3n) is 15.7. The van der Waals surface area contributed by atoms with Gasteiger partial charge in [0.15, 0.2) is 12.4 Å². The lowest BCUT2D eigenvalue weighted by Gasteiger charge is -2.26. The Morgan fingerprint density at radius 2 is 0.640 bits per heavy atom. The molecular weight excluding hydrogens is 1100 g/mol. The number of carbonyl (C=O) groups excluding carboxylic acids is 3. The summed E-state index contributed by atoms with van der Waals surface area (Å²) < 4.78 is 22.8. The molecule has 0 aromatic heterocycles. The van der Waals surface area contributed by atoms with Crippen LogP contribution in [0.4, 0.5) is 0 Å². The second kappa shape index (κ2) is 69.6. The Labute approximate surface area is 548 Å². The van der Waals surface area contributed by atoms with Crippen LogP contribution in [-0.4, -0.2) is 82.3 Å². The van der Waals surface area contributed by atoms with Crippen LogP contribution in [-0.2, 0) is 33.3 Å². The van der Waals surface area contributed by atoms with E-state index in [0.717, 1.165) is 103 Å². The highest BCUT2D eigenvalue weighted by Crippen LogP contribution is 2.17. The van der Waals surface area contributed by atoms with Crippen molar-refractivity contribution < 1.29 is 42.9 Å². The van der Waals surface area contributed by atoms with Crippen molar-refractivity contribution in [1.29, 1.82) is 0 Å². The maximum Gasteiger partial charge on any atom is 0.306 e. The number of esters is 2. The molecule has 0 aliphatic heterocycles. The smallest absolute Gasteiger partial charge is 0.306 e. The van der Waals surface area contributed by atoms with Crippen molar-refractivity contribution in [3.05, 3.63) is 122 Å². The van der Waals surface area contributed by atoms with Gasteiger partial charge in [-0.25, -0.2) is 0 Å². The van der Waals surface area contributed by atoms with Gasteiger partial charge in [0, 0.05) is 12.8 Å². The van der Waals surface area contributed by atoms with E-state index >= 15 is 0 Å². The number of aliphatic carboxylic acids is 1. The summed E-state index contributed by atoms with van der Waals surface area (Å²) >= 11 is 0. The molecule has 510 valence electrons. The SMILES string of the molecule is CC/C=C\C/C=C\C/C=C\C/C=C\C/C=C\C/C=C\C/C=C\CCCCCCCCCCCC(=O)OC(COC(=O)CCCCCCCCCCCCCCCCCCCC/C=C\C/C=C\C/C=C\CCCCCCC)COC(OCC[N+](C)(C)C)C(=O)[O-]. The molecule has 0 saturated heterocycles. The van der Waals surface area contributed by atoms with Crippen molar-refractivity contribution in [3.8, 4) is 0 Å². The summed E-state index contributed by atoms with van der Waals surface area (Å²) in [5.41, 5.74) is 0. The van der Waals surface area contributed by atoms with Crippen LogP contribution in [0, 0.1) is 0 Å². The summed E-state index contributed by atoms with van der Waals surface area (Å²) in [4.78, 5) is 37.5. The van der Waals surface area contributed by atoms with Gasteiger partial charge in [-0.1, -0.05) is 309 Å². The Morgan fingerprint density at radius 1 is 0.348 bits per heavy atom. The van der Waals surface area contributed by atoms with Crippen molar-refractivity contribution in [2.45, 2.75) is 322 Å². The molecule has 0 aromatic carbocycles. The topological polar surface area (TPSA) is 111 Å². The molecule has 0 radical (unpaired) electrons. The fraction of sp³-hybridized carbons (Fsp3) is 0.713. The monoisotopic (exact) mass is 1240 g/mol. The molecule has 0 N–H and O–H groups in total. The predicted molar refractivity (Wildman–Crippen MR) is 380 cm³/mol. The van der Waals surface area contributed by atoms with E-state index in [0.29, 0.717) is 17.4 Å². The molecule has 89 heavy (non-hydrogen) atoms. The second-order valence-corrected chi connectivity index (χ2v) is 25.5. The quantitative estimate of drug-likeness (QED) is 0.0195. The minimum atomic E-state index is -1.63. The second-order valence-electron chi connectivity index (χ2n) is 25.5. The van der Waals surface area contributed by atoms with Crippen LogP contribution in [0.25, 0.3) is 0 Å². The summed E-state index contributed by atoms with van der Waals surface area (Å²) in [6.45, 7) is 4.63. The molecule has 0 saturated carbocycles. The lowest BCUT2D eigenvalue weighted by Crippen LogP contribution is -2.44. The zero-order chi connectivity index (χ0) is 64.7. The number of likely N-dealkylation sites (N-methyl/N-ethyl adjacent to an activating group) is 1. The highest BCUT2D eigenvalue weighted by atomic mass is 16.7. The van der Waals surface area contributed by atoms with Crippen LogP contribution in [0.1, 0.15) is 309 Å². The number of hydrogen-bond donors (Lipinski definition) is 0. The largest absolute Gasteiger partial charge is 0.545 e. The molecule has 9 heteroatoms. The molecule has 0 bridgehead atoms. The third-order valence-corrected chi connectivity index (χ3v) is 15.7. The first-order chi connectivity index (χ1) is 43.6. The molecule has 0 spiro atoms.